The Morgan fingerprint density at radius 1 is 1.25 bits per heavy atom. The molecule has 3 N–H and O–H groups in total. The molecule has 0 aliphatic carbocycles. The first-order chi connectivity index (χ1) is 9.41. The molecule has 2 rings (SSSR count). The highest BCUT2D eigenvalue weighted by Crippen LogP contribution is 2.30. The molecular weight excluding hydrogens is 254 g/mol. The fraction of sp³-hybridized carbons (Fsp3) is 0.400. The summed E-state index contributed by atoms with van der Waals surface area (Å²) in [6.07, 6.45) is 0. The Morgan fingerprint density at radius 2 is 1.95 bits per heavy atom. The Kier molecular flexibility index (Phi) is 3.88. The molecule has 1 heterocycles. The van der Waals surface area contributed by atoms with Crippen molar-refractivity contribution in [2.75, 3.05) is 5.32 Å². The monoisotopic (exact) mass is 275 g/mol. The van der Waals surface area contributed by atoms with E-state index in [0.717, 1.165) is 17.1 Å². The maximum atomic E-state index is 9.80. The van der Waals surface area contributed by atoms with Crippen LogP contribution in [0.1, 0.15) is 36.8 Å². The number of aromatic hydroxyl groups is 2. The molecule has 0 aliphatic rings. The van der Waals surface area contributed by atoms with E-state index in [1.54, 1.807) is 12.1 Å². The summed E-state index contributed by atoms with van der Waals surface area (Å²) in [5.74, 6) is -0.179. The van der Waals surface area contributed by atoms with Gasteiger partial charge in [-0.1, -0.05) is 12.1 Å². The lowest BCUT2D eigenvalue weighted by Gasteiger charge is -2.11. The summed E-state index contributed by atoms with van der Waals surface area (Å²) in [6.45, 7) is 8.58. The maximum Gasteiger partial charge on any atom is 0.162 e. The van der Waals surface area contributed by atoms with Crippen molar-refractivity contribution in [1.82, 2.24) is 9.78 Å². The number of hydrogen-bond donors (Lipinski definition) is 3. The first kappa shape index (κ1) is 14.2. The van der Waals surface area contributed by atoms with E-state index >= 15 is 0 Å². The van der Waals surface area contributed by atoms with Gasteiger partial charge in [-0.05, 0) is 33.8 Å². The number of benzene rings is 1. The topological polar surface area (TPSA) is 70.3 Å². The lowest BCUT2D eigenvalue weighted by Crippen LogP contribution is -2.06. The van der Waals surface area contributed by atoms with Crippen molar-refractivity contribution >= 4 is 5.69 Å². The molecule has 0 saturated carbocycles. The van der Waals surface area contributed by atoms with Crippen molar-refractivity contribution in [3.05, 3.63) is 35.2 Å². The van der Waals surface area contributed by atoms with Crippen LogP contribution < -0.4 is 5.32 Å². The average molecular weight is 275 g/mol. The third kappa shape index (κ3) is 2.57. The van der Waals surface area contributed by atoms with E-state index in [2.05, 4.69) is 24.3 Å². The van der Waals surface area contributed by atoms with Crippen LogP contribution in [0.5, 0.6) is 11.5 Å². The number of aromatic nitrogens is 2. The Bertz CT molecular complexity index is 618. The molecule has 1 aromatic heterocycles. The quantitative estimate of drug-likeness (QED) is 0.750. The standard InChI is InChI=1S/C15H21N3O2/c1-9(2)18-11(4)14(10(3)17-18)16-8-12-6-5-7-13(19)15(12)20/h5-7,9,16,19-20H,8H2,1-4H3. The fourth-order valence-electron chi connectivity index (χ4n) is 2.33. The summed E-state index contributed by atoms with van der Waals surface area (Å²) < 4.78 is 1.97. The van der Waals surface area contributed by atoms with Gasteiger partial charge in [-0.3, -0.25) is 4.68 Å². The van der Waals surface area contributed by atoms with Crippen molar-refractivity contribution < 1.29 is 10.2 Å². The van der Waals surface area contributed by atoms with Crippen molar-refractivity contribution in [2.24, 2.45) is 0 Å². The molecule has 0 spiro atoms. The molecule has 2 aromatic rings. The molecule has 0 atom stereocenters. The minimum absolute atomic E-state index is 0.0773. The van der Waals surface area contributed by atoms with Gasteiger partial charge in [-0.15, -0.1) is 0 Å². The number of aryl methyl sites for hydroxylation is 1. The summed E-state index contributed by atoms with van der Waals surface area (Å²) in [5, 5.41) is 27.1. The fourth-order valence-corrected chi connectivity index (χ4v) is 2.33. The molecule has 5 nitrogen and oxygen atoms in total. The van der Waals surface area contributed by atoms with E-state index in [0.29, 0.717) is 18.2 Å². The van der Waals surface area contributed by atoms with E-state index in [-0.39, 0.29) is 11.5 Å². The zero-order valence-corrected chi connectivity index (χ0v) is 12.3. The van der Waals surface area contributed by atoms with Crippen LogP contribution >= 0.6 is 0 Å². The molecular formula is C15H21N3O2. The highest BCUT2D eigenvalue weighted by atomic mass is 16.3. The number of hydrogen-bond acceptors (Lipinski definition) is 4. The molecule has 0 bridgehead atoms. The van der Waals surface area contributed by atoms with Gasteiger partial charge in [0.25, 0.3) is 0 Å². The minimum atomic E-state index is -0.101. The van der Waals surface area contributed by atoms with E-state index in [4.69, 9.17) is 0 Å². The van der Waals surface area contributed by atoms with Gasteiger partial charge in [0.1, 0.15) is 0 Å². The number of nitrogens with zero attached hydrogens (tertiary/aromatic N) is 2. The lowest BCUT2D eigenvalue weighted by molar-refractivity contribution is 0.400. The summed E-state index contributed by atoms with van der Waals surface area (Å²) >= 11 is 0. The Hall–Kier alpha value is -2.17. The summed E-state index contributed by atoms with van der Waals surface area (Å²) in [5.41, 5.74) is 3.62. The smallest absolute Gasteiger partial charge is 0.162 e. The number of phenolic OH excluding ortho intramolecular Hbond substituents is 2. The first-order valence-electron chi connectivity index (χ1n) is 6.71. The third-order valence-electron chi connectivity index (χ3n) is 3.37. The van der Waals surface area contributed by atoms with Gasteiger partial charge in [-0.2, -0.15) is 5.10 Å². The molecule has 0 saturated heterocycles. The predicted octanol–water partition coefficient (Wildman–Crippen LogP) is 3.10. The summed E-state index contributed by atoms with van der Waals surface area (Å²) in [7, 11) is 0. The summed E-state index contributed by atoms with van der Waals surface area (Å²) in [4.78, 5) is 0. The minimum Gasteiger partial charge on any atom is -0.504 e. The number of anilines is 1. The largest absolute Gasteiger partial charge is 0.504 e. The summed E-state index contributed by atoms with van der Waals surface area (Å²) in [6, 6.07) is 5.26. The van der Waals surface area contributed by atoms with E-state index in [1.807, 2.05) is 18.5 Å². The zero-order chi connectivity index (χ0) is 14.9. The number of para-hydroxylation sites is 1. The first-order valence-corrected chi connectivity index (χ1v) is 6.71. The highest BCUT2D eigenvalue weighted by molar-refractivity contribution is 5.54. The van der Waals surface area contributed by atoms with Crippen LogP contribution in [0.25, 0.3) is 0 Å². The number of nitrogens with one attached hydrogen (secondary N) is 1. The van der Waals surface area contributed by atoms with Crippen LogP contribution in [0, 0.1) is 13.8 Å². The Morgan fingerprint density at radius 3 is 2.55 bits per heavy atom. The molecule has 0 unspecified atom stereocenters. The van der Waals surface area contributed by atoms with Crippen molar-refractivity contribution in [3.63, 3.8) is 0 Å². The molecule has 0 radical (unpaired) electrons. The second kappa shape index (κ2) is 5.45. The van der Waals surface area contributed by atoms with Crippen molar-refractivity contribution in [2.45, 2.75) is 40.3 Å². The van der Waals surface area contributed by atoms with Crippen LogP contribution in [0.2, 0.25) is 0 Å². The van der Waals surface area contributed by atoms with Crippen LogP contribution in [0.15, 0.2) is 18.2 Å². The van der Waals surface area contributed by atoms with Gasteiger partial charge in [0.05, 0.1) is 17.1 Å². The van der Waals surface area contributed by atoms with Crippen molar-refractivity contribution in [3.8, 4) is 11.5 Å². The third-order valence-corrected chi connectivity index (χ3v) is 3.37. The highest BCUT2D eigenvalue weighted by Gasteiger charge is 2.14. The molecule has 1 aromatic carbocycles. The van der Waals surface area contributed by atoms with E-state index < -0.39 is 0 Å². The van der Waals surface area contributed by atoms with Gasteiger partial charge in [-0.25, -0.2) is 0 Å². The molecule has 20 heavy (non-hydrogen) atoms. The van der Waals surface area contributed by atoms with Crippen LogP contribution in [-0.2, 0) is 6.54 Å². The molecule has 0 amide bonds. The van der Waals surface area contributed by atoms with Gasteiger partial charge in [0.2, 0.25) is 0 Å². The normalized spacial score (nSPS) is 11.1. The van der Waals surface area contributed by atoms with Crippen LogP contribution in [0.3, 0.4) is 0 Å². The van der Waals surface area contributed by atoms with Crippen molar-refractivity contribution in [1.29, 1.82) is 0 Å². The average Bonchev–Trinajstić information content (AvgIpc) is 2.67. The molecule has 5 heteroatoms. The number of phenols is 2. The maximum absolute atomic E-state index is 9.80. The van der Waals surface area contributed by atoms with Gasteiger partial charge >= 0.3 is 0 Å². The van der Waals surface area contributed by atoms with Crippen LogP contribution in [-0.4, -0.2) is 20.0 Å². The second-order valence-electron chi connectivity index (χ2n) is 5.22. The van der Waals surface area contributed by atoms with E-state index in [9.17, 15) is 10.2 Å². The van der Waals surface area contributed by atoms with Gasteiger partial charge in [0, 0.05) is 18.2 Å². The molecule has 108 valence electrons. The molecule has 0 fully saturated rings. The Labute approximate surface area is 118 Å². The SMILES string of the molecule is Cc1nn(C(C)C)c(C)c1NCc1cccc(O)c1O. The molecule has 0 aliphatic heterocycles. The van der Waals surface area contributed by atoms with Crippen LogP contribution in [0.4, 0.5) is 5.69 Å². The zero-order valence-electron chi connectivity index (χ0n) is 12.3. The number of rotatable bonds is 4. The van der Waals surface area contributed by atoms with Gasteiger partial charge < -0.3 is 15.5 Å². The van der Waals surface area contributed by atoms with E-state index in [1.165, 1.54) is 6.07 Å². The Balaban J connectivity index is 2.21. The second-order valence-corrected chi connectivity index (χ2v) is 5.22. The van der Waals surface area contributed by atoms with Gasteiger partial charge in [0.15, 0.2) is 11.5 Å². The predicted molar refractivity (Wildman–Crippen MR) is 79.2 cm³/mol. The lowest BCUT2D eigenvalue weighted by atomic mass is 10.2.